The van der Waals surface area contributed by atoms with Crippen LogP contribution in [-0.4, -0.2) is 61.9 Å². The van der Waals surface area contributed by atoms with Gasteiger partial charge in [-0.1, -0.05) is 13.8 Å². The molecular weight excluding hydrogens is 298 g/mol. The molecule has 2 saturated heterocycles. The smallest absolute Gasteiger partial charge is 0.335 e. The number of hydrogen-bond donors (Lipinski definition) is 0. The van der Waals surface area contributed by atoms with Gasteiger partial charge in [0, 0.05) is 19.7 Å². The number of amides is 1. The number of ether oxygens (including phenoxy) is 3. The van der Waals surface area contributed by atoms with Gasteiger partial charge in [-0.2, -0.15) is 0 Å². The number of esters is 1. The molecule has 0 saturated carbocycles. The number of likely N-dealkylation sites (tertiary alicyclic amines) is 1. The SMILES string of the molecule is CC1CC(C)CN(C(=O)COC(=O)C(C)OCC2CCCO2)C1. The summed E-state index contributed by atoms with van der Waals surface area (Å²) in [6.45, 7) is 8.36. The van der Waals surface area contributed by atoms with E-state index in [1.165, 1.54) is 0 Å². The third kappa shape index (κ3) is 5.77. The largest absolute Gasteiger partial charge is 0.454 e. The van der Waals surface area contributed by atoms with Gasteiger partial charge in [0.05, 0.1) is 12.7 Å². The van der Waals surface area contributed by atoms with E-state index in [1.807, 2.05) is 0 Å². The molecule has 2 heterocycles. The maximum Gasteiger partial charge on any atom is 0.335 e. The van der Waals surface area contributed by atoms with Crippen molar-refractivity contribution in [2.24, 2.45) is 11.8 Å². The van der Waals surface area contributed by atoms with Crippen LogP contribution in [0.5, 0.6) is 0 Å². The minimum atomic E-state index is -0.675. The Morgan fingerprint density at radius 2 is 1.96 bits per heavy atom. The van der Waals surface area contributed by atoms with E-state index in [4.69, 9.17) is 14.2 Å². The molecular formula is C17H29NO5. The second-order valence-electron chi connectivity index (χ2n) is 6.96. The van der Waals surface area contributed by atoms with Gasteiger partial charge in [0.25, 0.3) is 5.91 Å². The molecule has 2 fully saturated rings. The maximum absolute atomic E-state index is 12.2. The second kappa shape index (κ2) is 8.64. The zero-order valence-electron chi connectivity index (χ0n) is 14.5. The molecule has 6 nitrogen and oxygen atoms in total. The molecule has 0 bridgehead atoms. The van der Waals surface area contributed by atoms with E-state index in [1.54, 1.807) is 11.8 Å². The van der Waals surface area contributed by atoms with Gasteiger partial charge in [-0.05, 0) is 38.0 Å². The summed E-state index contributed by atoms with van der Waals surface area (Å²) in [5, 5.41) is 0. The van der Waals surface area contributed by atoms with E-state index in [9.17, 15) is 9.59 Å². The number of nitrogens with zero attached hydrogens (tertiary/aromatic N) is 1. The fraction of sp³-hybridized carbons (Fsp3) is 0.882. The van der Waals surface area contributed by atoms with Crippen molar-refractivity contribution in [3.63, 3.8) is 0 Å². The van der Waals surface area contributed by atoms with Crippen LogP contribution in [0.2, 0.25) is 0 Å². The predicted molar refractivity (Wildman–Crippen MR) is 84.9 cm³/mol. The summed E-state index contributed by atoms with van der Waals surface area (Å²) in [4.78, 5) is 25.9. The molecule has 2 aliphatic heterocycles. The fourth-order valence-electron chi connectivity index (χ4n) is 3.30. The molecule has 2 rings (SSSR count). The van der Waals surface area contributed by atoms with E-state index < -0.39 is 12.1 Å². The van der Waals surface area contributed by atoms with Crippen LogP contribution in [0.3, 0.4) is 0 Å². The molecule has 4 unspecified atom stereocenters. The third-order valence-electron chi connectivity index (χ3n) is 4.45. The molecule has 6 heteroatoms. The van der Waals surface area contributed by atoms with Crippen LogP contribution < -0.4 is 0 Å². The van der Waals surface area contributed by atoms with Crippen LogP contribution in [0.4, 0.5) is 0 Å². The molecule has 2 aliphatic rings. The summed E-state index contributed by atoms with van der Waals surface area (Å²) in [5.41, 5.74) is 0. The van der Waals surface area contributed by atoms with Gasteiger partial charge in [0.1, 0.15) is 0 Å². The molecule has 0 radical (unpaired) electrons. The molecule has 0 aromatic heterocycles. The molecule has 132 valence electrons. The molecule has 4 atom stereocenters. The van der Waals surface area contributed by atoms with Crippen molar-refractivity contribution < 1.29 is 23.8 Å². The Balaban J connectivity index is 1.67. The number of piperidine rings is 1. The molecule has 0 spiro atoms. The van der Waals surface area contributed by atoms with Gasteiger partial charge in [-0.25, -0.2) is 4.79 Å². The Morgan fingerprint density at radius 3 is 2.57 bits per heavy atom. The molecule has 0 N–H and O–H groups in total. The zero-order valence-corrected chi connectivity index (χ0v) is 14.5. The predicted octanol–water partition coefficient (Wildman–Crippen LogP) is 1.62. The Bertz CT molecular complexity index is 398. The maximum atomic E-state index is 12.2. The first-order valence-electron chi connectivity index (χ1n) is 8.63. The van der Waals surface area contributed by atoms with Crippen molar-refractivity contribution in [1.29, 1.82) is 0 Å². The molecule has 0 aromatic carbocycles. The Hall–Kier alpha value is -1.14. The van der Waals surface area contributed by atoms with Crippen LogP contribution in [0.15, 0.2) is 0 Å². The summed E-state index contributed by atoms with van der Waals surface area (Å²) in [7, 11) is 0. The highest BCUT2D eigenvalue weighted by Gasteiger charge is 2.27. The zero-order chi connectivity index (χ0) is 16.8. The van der Waals surface area contributed by atoms with Crippen molar-refractivity contribution in [1.82, 2.24) is 4.90 Å². The van der Waals surface area contributed by atoms with Gasteiger partial charge in [0.2, 0.25) is 0 Å². The number of rotatable bonds is 6. The minimum absolute atomic E-state index is 0.0724. The van der Waals surface area contributed by atoms with E-state index in [0.29, 0.717) is 18.4 Å². The lowest BCUT2D eigenvalue weighted by molar-refractivity contribution is -0.163. The van der Waals surface area contributed by atoms with Crippen molar-refractivity contribution in [3.05, 3.63) is 0 Å². The molecule has 0 aliphatic carbocycles. The van der Waals surface area contributed by atoms with Gasteiger partial charge >= 0.3 is 5.97 Å². The lowest BCUT2D eigenvalue weighted by atomic mass is 9.92. The van der Waals surface area contributed by atoms with Crippen LogP contribution in [0.25, 0.3) is 0 Å². The normalized spacial score (nSPS) is 29.3. The Kier molecular flexibility index (Phi) is 6.84. The highest BCUT2D eigenvalue weighted by molar-refractivity contribution is 5.82. The summed E-state index contributed by atoms with van der Waals surface area (Å²) < 4.78 is 16.0. The topological polar surface area (TPSA) is 65.1 Å². The van der Waals surface area contributed by atoms with Gasteiger partial charge in [-0.15, -0.1) is 0 Å². The Morgan fingerprint density at radius 1 is 1.26 bits per heavy atom. The average molecular weight is 327 g/mol. The average Bonchev–Trinajstić information content (AvgIpc) is 3.02. The number of carbonyl (C=O) groups is 2. The lowest BCUT2D eigenvalue weighted by Crippen LogP contribution is -2.44. The van der Waals surface area contributed by atoms with E-state index >= 15 is 0 Å². The first kappa shape index (κ1) is 18.2. The Labute approximate surface area is 138 Å². The first-order valence-corrected chi connectivity index (χ1v) is 8.63. The fourth-order valence-corrected chi connectivity index (χ4v) is 3.30. The second-order valence-corrected chi connectivity index (χ2v) is 6.96. The molecule has 23 heavy (non-hydrogen) atoms. The van der Waals surface area contributed by atoms with Crippen LogP contribution >= 0.6 is 0 Å². The quantitative estimate of drug-likeness (QED) is 0.694. The highest BCUT2D eigenvalue weighted by atomic mass is 16.6. The molecule has 0 aromatic rings. The van der Waals surface area contributed by atoms with E-state index in [0.717, 1.165) is 39.0 Å². The standard InChI is InChI=1S/C17H29NO5/c1-12-7-13(2)9-18(8-12)16(19)11-23-17(20)14(3)22-10-15-5-4-6-21-15/h12-15H,4-11H2,1-3H3. The van der Waals surface area contributed by atoms with Crippen LogP contribution in [-0.2, 0) is 23.8 Å². The monoisotopic (exact) mass is 327 g/mol. The summed E-state index contributed by atoms with van der Waals surface area (Å²) >= 11 is 0. The van der Waals surface area contributed by atoms with Gasteiger partial charge < -0.3 is 19.1 Å². The van der Waals surface area contributed by atoms with E-state index in [-0.39, 0.29) is 18.6 Å². The van der Waals surface area contributed by atoms with Crippen molar-refractivity contribution >= 4 is 11.9 Å². The molecule has 1 amide bonds. The van der Waals surface area contributed by atoms with Crippen LogP contribution in [0.1, 0.15) is 40.0 Å². The third-order valence-corrected chi connectivity index (χ3v) is 4.45. The van der Waals surface area contributed by atoms with Crippen molar-refractivity contribution in [2.75, 3.05) is 32.9 Å². The number of hydrogen-bond acceptors (Lipinski definition) is 5. The lowest BCUT2D eigenvalue weighted by Gasteiger charge is -2.34. The van der Waals surface area contributed by atoms with Gasteiger partial charge in [-0.3, -0.25) is 4.79 Å². The summed E-state index contributed by atoms with van der Waals surface area (Å²) in [6, 6.07) is 0. The van der Waals surface area contributed by atoms with Gasteiger partial charge in [0.15, 0.2) is 12.7 Å². The first-order chi connectivity index (χ1) is 11.0. The minimum Gasteiger partial charge on any atom is -0.454 e. The van der Waals surface area contributed by atoms with Crippen molar-refractivity contribution in [2.45, 2.75) is 52.2 Å². The highest BCUT2D eigenvalue weighted by Crippen LogP contribution is 2.21. The summed E-state index contributed by atoms with van der Waals surface area (Å²) in [6.07, 6.45) is 2.53. The van der Waals surface area contributed by atoms with Crippen molar-refractivity contribution in [3.8, 4) is 0 Å². The summed E-state index contributed by atoms with van der Waals surface area (Å²) in [5.74, 6) is 0.372. The number of carbonyl (C=O) groups excluding carboxylic acids is 2. The van der Waals surface area contributed by atoms with Crippen LogP contribution in [0, 0.1) is 11.8 Å². The van der Waals surface area contributed by atoms with E-state index in [2.05, 4.69) is 13.8 Å².